The van der Waals surface area contributed by atoms with Crippen molar-refractivity contribution < 1.29 is 0 Å². The monoisotopic (exact) mass is 734 g/mol. The van der Waals surface area contributed by atoms with E-state index in [4.69, 9.17) is 0 Å². The fourth-order valence-electron chi connectivity index (χ4n) is 8.03. The fraction of sp³-hybridized carbons (Fsp3) is 0. The van der Waals surface area contributed by atoms with E-state index in [0.717, 1.165) is 39.3 Å². The Morgan fingerprint density at radius 1 is 0.345 bits per heavy atom. The molecule has 0 spiro atoms. The lowest BCUT2D eigenvalue weighted by Gasteiger charge is -2.26. The number of anilines is 3. The molecule has 0 aliphatic rings. The molecule has 0 aliphatic heterocycles. The van der Waals surface area contributed by atoms with Gasteiger partial charge in [-0.05, 0) is 129 Å². The predicted molar refractivity (Wildman–Crippen MR) is 238 cm³/mol. The summed E-state index contributed by atoms with van der Waals surface area (Å²) in [6.07, 6.45) is 0. The molecule has 0 bridgehead atoms. The molecule has 0 amide bonds. The second kappa shape index (κ2) is 12.7. The molecule has 55 heavy (non-hydrogen) atoms. The van der Waals surface area contributed by atoms with Crippen molar-refractivity contribution in [2.24, 2.45) is 0 Å². The highest BCUT2D eigenvalue weighted by atomic mass is 32.1. The standard InChI is InChI=1S/C51H30N2S2/c52-31-32-9-11-33(12-10-32)34-13-15-35(16-14-34)36-17-21-41(22-18-36)53(42-23-19-37-27-46-44-5-1-3-7-48(44)54-50(46)29-39(37)25-42)43-24-20-38-28-47-45-6-2-4-8-49(45)55-51(47)30-40(38)26-43/h1-30H. The molecular formula is C51H30N2S2. The lowest BCUT2D eigenvalue weighted by Crippen LogP contribution is -2.09. The third-order valence-electron chi connectivity index (χ3n) is 10.8. The zero-order chi connectivity index (χ0) is 36.5. The SMILES string of the molecule is N#Cc1ccc(-c2ccc(-c3ccc(N(c4ccc5cc6c(cc5c4)sc4ccccc46)c4ccc5cc6c(cc5c4)sc4ccccc46)cc3)cc2)cc1. The maximum absolute atomic E-state index is 9.19. The van der Waals surface area contributed by atoms with Gasteiger partial charge in [0.1, 0.15) is 0 Å². The number of nitriles is 1. The van der Waals surface area contributed by atoms with E-state index in [1.54, 1.807) is 0 Å². The quantitative estimate of drug-likeness (QED) is 0.176. The van der Waals surface area contributed by atoms with Crippen LogP contribution in [-0.4, -0.2) is 0 Å². The van der Waals surface area contributed by atoms with Gasteiger partial charge in [-0.15, -0.1) is 22.7 Å². The lowest BCUT2D eigenvalue weighted by atomic mass is 9.99. The third-order valence-corrected chi connectivity index (χ3v) is 13.1. The van der Waals surface area contributed by atoms with Crippen LogP contribution in [0.3, 0.4) is 0 Å². The zero-order valence-electron chi connectivity index (χ0n) is 29.5. The average Bonchev–Trinajstić information content (AvgIpc) is 3.79. The minimum Gasteiger partial charge on any atom is -0.310 e. The van der Waals surface area contributed by atoms with E-state index in [0.29, 0.717) is 5.56 Å². The molecule has 0 fully saturated rings. The van der Waals surface area contributed by atoms with E-state index in [-0.39, 0.29) is 0 Å². The van der Waals surface area contributed by atoms with Crippen LogP contribution in [0.1, 0.15) is 5.56 Å². The third kappa shape index (κ3) is 5.44. The van der Waals surface area contributed by atoms with E-state index >= 15 is 0 Å². The van der Waals surface area contributed by atoms with Crippen LogP contribution >= 0.6 is 22.7 Å². The molecule has 11 aromatic rings. The molecule has 2 nitrogen and oxygen atoms in total. The molecule has 0 saturated heterocycles. The summed E-state index contributed by atoms with van der Waals surface area (Å²) in [5.41, 5.74) is 8.56. The summed E-state index contributed by atoms with van der Waals surface area (Å²) >= 11 is 3.73. The molecule has 0 atom stereocenters. The molecule has 0 radical (unpaired) electrons. The summed E-state index contributed by atoms with van der Waals surface area (Å²) in [5, 5.41) is 19.4. The highest BCUT2D eigenvalue weighted by Gasteiger charge is 2.16. The summed E-state index contributed by atoms with van der Waals surface area (Å²) in [7, 11) is 0. The van der Waals surface area contributed by atoms with Crippen LogP contribution < -0.4 is 4.90 Å². The molecule has 2 aromatic heterocycles. The number of nitrogens with zero attached hydrogens (tertiary/aromatic N) is 2. The van der Waals surface area contributed by atoms with Gasteiger partial charge in [0.05, 0.1) is 11.6 Å². The minimum absolute atomic E-state index is 0.670. The Kier molecular flexibility index (Phi) is 7.31. The topological polar surface area (TPSA) is 27.0 Å². The lowest BCUT2D eigenvalue weighted by molar-refractivity contribution is 1.29. The molecule has 0 N–H and O–H groups in total. The first-order valence-corrected chi connectivity index (χ1v) is 20.0. The number of benzene rings is 9. The van der Waals surface area contributed by atoms with Crippen molar-refractivity contribution in [2.75, 3.05) is 4.90 Å². The van der Waals surface area contributed by atoms with Crippen molar-refractivity contribution >= 4 is 102 Å². The predicted octanol–water partition coefficient (Wildman–Crippen LogP) is 15.4. The fourth-order valence-corrected chi connectivity index (χ4v) is 10.3. The van der Waals surface area contributed by atoms with Crippen molar-refractivity contribution in [2.45, 2.75) is 0 Å². The number of fused-ring (bicyclic) bond motifs is 8. The molecule has 4 heteroatoms. The molecule has 2 heterocycles. The van der Waals surface area contributed by atoms with Gasteiger partial charge in [0.15, 0.2) is 0 Å². The van der Waals surface area contributed by atoms with Gasteiger partial charge in [0.25, 0.3) is 0 Å². The van der Waals surface area contributed by atoms with Gasteiger partial charge >= 0.3 is 0 Å². The van der Waals surface area contributed by atoms with Crippen LogP contribution in [-0.2, 0) is 0 Å². The highest BCUT2D eigenvalue weighted by molar-refractivity contribution is 7.26. The second-order valence-corrected chi connectivity index (χ2v) is 16.3. The maximum Gasteiger partial charge on any atom is 0.0991 e. The number of thiophene rings is 2. The van der Waals surface area contributed by atoms with Crippen molar-refractivity contribution in [3.63, 3.8) is 0 Å². The van der Waals surface area contributed by atoms with Crippen molar-refractivity contribution in [1.82, 2.24) is 0 Å². The Morgan fingerprint density at radius 3 is 1.24 bits per heavy atom. The minimum atomic E-state index is 0.670. The van der Waals surface area contributed by atoms with Crippen LogP contribution in [0, 0.1) is 11.3 Å². The molecule has 0 unspecified atom stereocenters. The van der Waals surface area contributed by atoms with E-state index in [1.807, 2.05) is 46.9 Å². The molecule has 256 valence electrons. The van der Waals surface area contributed by atoms with Gasteiger partial charge in [-0.2, -0.15) is 5.26 Å². The van der Waals surface area contributed by atoms with Crippen molar-refractivity contribution in [3.05, 3.63) is 188 Å². The van der Waals surface area contributed by atoms with Gasteiger partial charge in [0, 0.05) is 57.4 Å². The van der Waals surface area contributed by atoms with Crippen LogP contribution in [0.4, 0.5) is 17.1 Å². The molecule has 0 aliphatic carbocycles. The normalized spacial score (nSPS) is 11.6. The second-order valence-electron chi connectivity index (χ2n) is 14.1. The van der Waals surface area contributed by atoms with E-state index in [2.05, 4.69) is 169 Å². The van der Waals surface area contributed by atoms with Gasteiger partial charge in [-0.3, -0.25) is 0 Å². The summed E-state index contributed by atoms with van der Waals surface area (Å²) in [5.74, 6) is 0. The number of hydrogen-bond donors (Lipinski definition) is 0. The summed E-state index contributed by atoms with van der Waals surface area (Å²) < 4.78 is 5.26. The Balaban J connectivity index is 1.02. The molecular weight excluding hydrogens is 705 g/mol. The Morgan fingerprint density at radius 2 is 0.764 bits per heavy atom. The van der Waals surface area contributed by atoms with E-state index in [9.17, 15) is 5.26 Å². The highest BCUT2D eigenvalue weighted by Crippen LogP contribution is 2.43. The van der Waals surface area contributed by atoms with Gasteiger partial charge in [-0.25, -0.2) is 0 Å². The summed E-state index contributed by atoms with van der Waals surface area (Å²) in [6, 6.07) is 68.1. The summed E-state index contributed by atoms with van der Waals surface area (Å²) in [6.45, 7) is 0. The largest absolute Gasteiger partial charge is 0.310 e. The Bertz CT molecular complexity index is 3160. The van der Waals surface area contributed by atoms with E-state index in [1.165, 1.54) is 61.9 Å². The van der Waals surface area contributed by atoms with Crippen LogP contribution in [0.25, 0.3) is 84.1 Å². The smallest absolute Gasteiger partial charge is 0.0991 e. The van der Waals surface area contributed by atoms with Crippen LogP contribution in [0.15, 0.2) is 182 Å². The van der Waals surface area contributed by atoms with Crippen molar-refractivity contribution in [1.29, 1.82) is 5.26 Å². The molecule has 11 rings (SSSR count). The maximum atomic E-state index is 9.19. The first-order chi connectivity index (χ1) is 27.1. The number of hydrogen-bond acceptors (Lipinski definition) is 4. The van der Waals surface area contributed by atoms with Gasteiger partial charge < -0.3 is 4.90 Å². The van der Waals surface area contributed by atoms with Crippen LogP contribution in [0.5, 0.6) is 0 Å². The number of rotatable bonds is 5. The summed E-state index contributed by atoms with van der Waals surface area (Å²) in [4.78, 5) is 2.39. The van der Waals surface area contributed by atoms with Crippen molar-refractivity contribution in [3.8, 4) is 28.3 Å². The Labute approximate surface area is 326 Å². The Hall–Kier alpha value is -6.77. The first-order valence-electron chi connectivity index (χ1n) is 18.4. The average molecular weight is 735 g/mol. The molecule has 0 saturated carbocycles. The van der Waals surface area contributed by atoms with Gasteiger partial charge in [-0.1, -0.05) is 97.1 Å². The zero-order valence-corrected chi connectivity index (χ0v) is 31.2. The molecule has 9 aromatic carbocycles. The van der Waals surface area contributed by atoms with Gasteiger partial charge in [0.2, 0.25) is 0 Å². The van der Waals surface area contributed by atoms with Crippen LogP contribution in [0.2, 0.25) is 0 Å². The first kappa shape index (κ1) is 31.7. The van der Waals surface area contributed by atoms with E-state index < -0.39 is 0 Å².